The van der Waals surface area contributed by atoms with E-state index in [1.165, 1.54) is 12.8 Å². The summed E-state index contributed by atoms with van der Waals surface area (Å²) in [6.07, 6.45) is 4.60. The van der Waals surface area contributed by atoms with Gasteiger partial charge in [0.15, 0.2) is 0 Å². The Labute approximate surface area is 136 Å². The maximum Gasteiger partial charge on any atom is 0.256 e. The summed E-state index contributed by atoms with van der Waals surface area (Å²) in [5, 5.41) is 12.3. The molecule has 1 atom stereocenters. The van der Waals surface area contributed by atoms with Crippen LogP contribution in [0.3, 0.4) is 0 Å². The first-order chi connectivity index (χ1) is 11.1. The Hall–Kier alpha value is -1.66. The fourth-order valence-electron chi connectivity index (χ4n) is 3.43. The largest absolute Gasteiger partial charge is 0.481 e. The van der Waals surface area contributed by atoms with Gasteiger partial charge in [-0.2, -0.15) is 0 Å². The number of nitrogens with one attached hydrogen (secondary N) is 1. The van der Waals surface area contributed by atoms with Gasteiger partial charge in [0.25, 0.3) is 5.91 Å². The lowest BCUT2D eigenvalue weighted by atomic mass is 10.1. The number of aromatic nitrogens is 1. The van der Waals surface area contributed by atoms with Gasteiger partial charge in [0.1, 0.15) is 0 Å². The van der Waals surface area contributed by atoms with Crippen LogP contribution >= 0.6 is 0 Å². The molecule has 6 heteroatoms. The van der Waals surface area contributed by atoms with Gasteiger partial charge in [-0.1, -0.05) is 12.8 Å². The second kappa shape index (κ2) is 6.84. The number of aliphatic hydroxyl groups excluding tert-OH is 1. The minimum absolute atomic E-state index is 0.0151. The highest BCUT2D eigenvalue weighted by Gasteiger charge is 2.35. The minimum Gasteiger partial charge on any atom is -0.481 e. The van der Waals surface area contributed by atoms with Crippen LogP contribution in [0.1, 0.15) is 54.2 Å². The number of rotatable bonds is 6. The molecule has 0 aromatic carbocycles. The first kappa shape index (κ1) is 16.2. The molecule has 1 aliphatic heterocycles. The van der Waals surface area contributed by atoms with Gasteiger partial charge in [-0.25, -0.2) is 4.98 Å². The molecule has 0 spiro atoms. The average Bonchev–Trinajstić information content (AvgIpc) is 3.20. The van der Waals surface area contributed by atoms with Gasteiger partial charge < -0.3 is 20.1 Å². The van der Waals surface area contributed by atoms with E-state index in [2.05, 4.69) is 10.3 Å². The van der Waals surface area contributed by atoms with E-state index in [1.54, 1.807) is 7.11 Å². The number of aliphatic hydroxyl groups is 1. The molecule has 1 aliphatic carbocycles. The molecule has 2 heterocycles. The van der Waals surface area contributed by atoms with Crippen LogP contribution < -0.4 is 10.1 Å². The van der Waals surface area contributed by atoms with Crippen LogP contribution in [0.25, 0.3) is 0 Å². The molecule has 6 nitrogen and oxygen atoms in total. The summed E-state index contributed by atoms with van der Waals surface area (Å²) >= 11 is 0. The van der Waals surface area contributed by atoms with Gasteiger partial charge in [-0.15, -0.1) is 0 Å². The lowest BCUT2D eigenvalue weighted by Crippen LogP contribution is -2.33. The Morgan fingerprint density at radius 3 is 2.87 bits per heavy atom. The molecule has 2 N–H and O–H groups in total. The Morgan fingerprint density at radius 2 is 2.22 bits per heavy atom. The number of ether oxygens (including phenoxy) is 1. The lowest BCUT2D eigenvalue weighted by Gasteiger charge is -2.22. The zero-order valence-electron chi connectivity index (χ0n) is 13.8. The number of hydrogen-bond acceptors (Lipinski definition) is 5. The van der Waals surface area contributed by atoms with Crippen LogP contribution in [0.2, 0.25) is 0 Å². The highest BCUT2D eigenvalue weighted by molar-refractivity contribution is 5.98. The predicted octanol–water partition coefficient (Wildman–Crippen LogP) is 1.46. The molecule has 0 unspecified atom stereocenters. The number of carbonyl (C=O) groups is 1. The maximum absolute atomic E-state index is 12.7. The molecule has 3 rings (SSSR count). The molecule has 23 heavy (non-hydrogen) atoms. The van der Waals surface area contributed by atoms with Gasteiger partial charge in [0.2, 0.25) is 5.88 Å². The molecule has 0 bridgehead atoms. The van der Waals surface area contributed by atoms with E-state index in [1.807, 2.05) is 17.9 Å². The van der Waals surface area contributed by atoms with E-state index in [9.17, 15) is 4.79 Å². The fourth-order valence-corrected chi connectivity index (χ4v) is 3.43. The summed E-state index contributed by atoms with van der Waals surface area (Å²) in [6, 6.07) is 2.24. The number of amides is 1. The van der Waals surface area contributed by atoms with Gasteiger partial charge in [-0.05, 0) is 25.8 Å². The molecular formula is C17H25N3O3. The number of hydrogen-bond donors (Lipinski definition) is 2. The van der Waals surface area contributed by atoms with Crippen LogP contribution in [-0.2, 0) is 13.1 Å². The number of methoxy groups -OCH3 is 1. The summed E-state index contributed by atoms with van der Waals surface area (Å²) in [5.41, 5.74) is 2.37. The number of fused-ring (bicyclic) bond motifs is 1. The smallest absolute Gasteiger partial charge is 0.256 e. The van der Waals surface area contributed by atoms with E-state index in [-0.39, 0.29) is 18.6 Å². The van der Waals surface area contributed by atoms with E-state index in [0.29, 0.717) is 30.6 Å². The second-order valence-electron chi connectivity index (χ2n) is 6.49. The van der Waals surface area contributed by atoms with Crippen molar-refractivity contribution in [2.45, 2.75) is 57.8 Å². The SMILES string of the molecule is COc1nc2c(cc1CN[C@@H](C)CO)C(=O)N(C1CCCC1)C2. The Balaban J connectivity index is 1.82. The van der Waals surface area contributed by atoms with Crippen molar-refractivity contribution in [2.75, 3.05) is 13.7 Å². The van der Waals surface area contributed by atoms with Crippen molar-refractivity contribution in [2.24, 2.45) is 0 Å². The summed E-state index contributed by atoms with van der Waals surface area (Å²) in [6.45, 7) is 3.08. The third kappa shape index (κ3) is 3.19. The number of pyridine rings is 1. The van der Waals surface area contributed by atoms with Crippen molar-refractivity contribution >= 4 is 5.91 Å². The van der Waals surface area contributed by atoms with E-state index in [0.717, 1.165) is 24.1 Å². The quantitative estimate of drug-likeness (QED) is 0.830. The molecule has 1 amide bonds. The van der Waals surface area contributed by atoms with Gasteiger partial charge in [0, 0.05) is 24.2 Å². The fraction of sp³-hybridized carbons (Fsp3) is 0.647. The van der Waals surface area contributed by atoms with Crippen LogP contribution in [-0.4, -0.2) is 46.7 Å². The van der Waals surface area contributed by atoms with Crippen molar-refractivity contribution in [1.82, 2.24) is 15.2 Å². The van der Waals surface area contributed by atoms with Gasteiger partial charge in [-0.3, -0.25) is 4.79 Å². The third-order valence-corrected chi connectivity index (χ3v) is 4.83. The second-order valence-corrected chi connectivity index (χ2v) is 6.49. The minimum atomic E-state index is -0.0151. The van der Waals surface area contributed by atoms with Crippen molar-refractivity contribution in [1.29, 1.82) is 0 Å². The first-order valence-corrected chi connectivity index (χ1v) is 8.36. The standard InChI is InChI=1S/C17H25N3O3/c1-11(10-21)18-8-12-7-14-15(19-16(12)23-2)9-20(17(14)22)13-5-3-4-6-13/h7,11,13,18,21H,3-6,8-10H2,1-2H3/t11-/m0/s1. The predicted molar refractivity (Wildman–Crippen MR) is 86.3 cm³/mol. The van der Waals surface area contributed by atoms with Crippen LogP contribution in [0.5, 0.6) is 5.88 Å². The zero-order valence-corrected chi connectivity index (χ0v) is 13.8. The zero-order chi connectivity index (χ0) is 16.4. The van der Waals surface area contributed by atoms with Crippen molar-refractivity contribution in [3.05, 3.63) is 22.9 Å². The molecule has 126 valence electrons. The summed E-state index contributed by atoms with van der Waals surface area (Å²) in [5.74, 6) is 0.654. The highest BCUT2D eigenvalue weighted by atomic mass is 16.5. The monoisotopic (exact) mass is 319 g/mol. The summed E-state index contributed by atoms with van der Waals surface area (Å²) < 4.78 is 5.39. The molecule has 1 saturated carbocycles. The molecule has 1 aromatic rings. The normalized spacial score (nSPS) is 19.3. The average molecular weight is 319 g/mol. The maximum atomic E-state index is 12.7. The van der Waals surface area contributed by atoms with Gasteiger partial charge in [0.05, 0.1) is 31.5 Å². The topological polar surface area (TPSA) is 74.7 Å². The molecule has 2 aliphatic rings. The summed E-state index contributed by atoms with van der Waals surface area (Å²) in [7, 11) is 1.60. The van der Waals surface area contributed by atoms with Crippen LogP contribution in [0.15, 0.2) is 6.07 Å². The molecular weight excluding hydrogens is 294 g/mol. The third-order valence-electron chi connectivity index (χ3n) is 4.83. The van der Waals surface area contributed by atoms with Crippen molar-refractivity contribution < 1.29 is 14.6 Å². The molecule has 0 saturated heterocycles. The molecule has 1 aromatic heterocycles. The lowest BCUT2D eigenvalue weighted by molar-refractivity contribution is 0.0706. The van der Waals surface area contributed by atoms with Crippen LogP contribution in [0.4, 0.5) is 0 Å². The van der Waals surface area contributed by atoms with Crippen LogP contribution in [0, 0.1) is 0 Å². The van der Waals surface area contributed by atoms with Gasteiger partial charge >= 0.3 is 0 Å². The Kier molecular flexibility index (Phi) is 4.82. The Bertz CT molecular complexity index is 585. The summed E-state index contributed by atoms with van der Waals surface area (Å²) in [4.78, 5) is 19.2. The van der Waals surface area contributed by atoms with Crippen molar-refractivity contribution in [3.63, 3.8) is 0 Å². The highest BCUT2D eigenvalue weighted by Crippen LogP contribution is 2.33. The Morgan fingerprint density at radius 1 is 1.48 bits per heavy atom. The molecule has 0 radical (unpaired) electrons. The van der Waals surface area contributed by atoms with E-state index in [4.69, 9.17) is 9.84 Å². The number of carbonyl (C=O) groups excluding carboxylic acids is 1. The van der Waals surface area contributed by atoms with Crippen molar-refractivity contribution in [3.8, 4) is 5.88 Å². The number of nitrogens with zero attached hydrogens (tertiary/aromatic N) is 2. The van der Waals surface area contributed by atoms with E-state index < -0.39 is 0 Å². The molecule has 1 fully saturated rings. The first-order valence-electron chi connectivity index (χ1n) is 8.36. The van der Waals surface area contributed by atoms with E-state index >= 15 is 0 Å².